The largest absolute Gasteiger partial charge is 0.456 e. The summed E-state index contributed by atoms with van der Waals surface area (Å²) in [6.07, 6.45) is 1.99. The molecule has 4 atom stereocenters. The standard InChI is InChI=1S/C34H43NO3/c1-8-14-32(36)27(6)34(37)38-33(29-16-10-9-11-17-29)28(7)35(21-30-18-13-12-15-24(30)3)22-31-25(4)19-23(2)20-26(31)5/h8-20,27-28,32-33,36H,21-22H2,1-7H3/b14-8+/t27?,28-,32?,33-/m0/s1. The van der Waals surface area contributed by atoms with Gasteiger partial charge in [0.25, 0.3) is 0 Å². The maximum atomic E-state index is 13.3. The van der Waals surface area contributed by atoms with Gasteiger partial charge in [-0.05, 0) is 81.8 Å². The molecule has 3 aromatic carbocycles. The van der Waals surface area contributed by atoms with E-state index in [4.69, 9.17) is 4.74 Å². The van der Waals surface area contributed by atoms with Crippen LogP contribution in [0, 0.1) is 33.6 Å². The van der Waals surface area contributed by atoms with Crippen molar-refractivity contribution in [2.24, 2.45) is 5.92 Å². The van der Waals surface area contributed by atoms with Crippen LogP contribution in [0.5, 0.6) is 0 Å². The summed E-state index contributed by atoms with van der Waals surface area (Å²) in [7, 11) is 0. The Labute approximate surface area is 229 Å². The number of hydrogen-bond acceptors (Lipinski definition) is 4. The van der Waals surface area contributed by atoms with Crippen molar-refractivity contribution >= 4 is 5.97 Å². The van der Waals surface area contributed by atoms with Gasteiger partial charge < -0.3 is 9.84 Å². The average molecular weight is 514 g/mol. The smallest absolute Gasteiger partial charge is 0.312 e. The highest BCUT2D eigenvalue weighted by atomic mass is 16.5. The lowest BCUT2D eigenvalue weighted by molar-refractivity contribution is -0.160. The second-order valence-corrected chi connectivity index (χ2v) is 10.5. The Morgan fingerprint density at radius 1 is 0.895 bits per heavy atom. The van der Waals surface area contributed by atoms with Crippen LogP contribution in [0.15, 0.2) is 78.9 Å². The number of aliphatic hydroxyl groups is 1. The molecule has 0 aliphatic heterocycles. The minimum atomic E-state index is -0.889. The molecule has 202 valence electrons. The highest BCUT2D eigenvalue weighted by Gasteiger charge is 2.32. The molecule has 0 aliphatic rings. The molecule has 0 radical (unpaired) electrons. The van der Waals surface area contributed by atoms with Gasteiger partial charge in [-0.3, -0.25) is 9.69 Å². The van der Waals surface area contributed by atoms with E-state index in [1.807, 2.05) is 37.3 Å². The number of carbonyl (C=O) groups is 1. The van der Waals surface area contributed by atoms with Crippen molar-refractivity contribution in [2.45, 2.75) is 79.8 Å². The average Bonchev–Trinajstić information content (AvgIpc) is 2.89. The molecule has 0 amide bonds. The Morgan fingerprint density at radius 3 is 2.11 bits per heavy atom. The molecule has 4 nitrogen and oxygen atoms in total. The molecule has 0 fully saturated rings. The van der Waals surface area contributed by atoms with Gasteiger partial charge in [0.1, 0.15) is 6.10 Å². The zero-order valence-electron chi connectivity index (χ0n) is 23.9. The molecule has 0 bridgehead atoms. The number of ether oxygens (including phenoxy) is 1. The van der Waals surface area contributed by atoms with Crippen molar-refractivity contribution in [1.82, 2.24) is 4.90 Å². The van der Waals surface area contributed by atoms with Gasteiger partial charge in [0, 0.05) is 19.1 Å². The van der Waals surface area contributed by atoms with Crippen molar-refractivity contribution in [3.8, 4) is 0 Å². The van der Waals surface area contributed by atoms with Crippen molar-refractivity contribution < 1.29 is 14.6 Å². The zero-order chi connectivity index (χ0) is 27.8. The zero-order valence-corrected chi connectivity index (χ0v) is 23.9. The lowest BCUT2D eigenvalue weighted by Crippen LogP contribution is -2.40. The van der Waals surface area contributed by atoms with Crippen LogP contribution in [-0.2, 0) is 22.6 Å². The molecule has 0 saturated heterocycles. The van der Waals surface area contributed by atoms with Crippen LogP contribution < -0.4 is 0 Å². The summed E-state index contributed by atoms with van der Waals surface area (Å²) in [5, 5.41) is 10.4. The van der Waals surface area contributed by atoms with Gasteiger partial charge in [-0.2, -0.15) is 0 Å². The molecule has 2 unspecified atom stereocenters. The summed E-state index contributed by atoms with van der Waals surface area (Å²) in [6, 6.07) is 22.7. The molecule has 4 heteroatoms. The highest BCUT2D eigenvalue weighted by molar-refractivity contribution is 5.73. The molecule has 0 aromatic heterocycles. The summed E-state index contributed by atoms with van der Waals surface area (Å²) >= 11 is 0. The first-order chi connectivity index (χ1) is 18.1. The SMILES string of the molecule is C/C=C/C(O)C(C)C(=O)O[C@H](c1ccccc1)[C@H](C)N(Cc1ccccc1C)Cc1c(C)cc(C)cc1C. The lowest BCUT2D eigenvalue weighted by Gasteiger charge is -2.36. The first-order valence-corrected chi connectivity index (χ1v) is 13.5. The minimum absolute atomic E-state index is 0.132. The van der Waals surface area contributed by atoms with Gasteiger partial charge in [0.05, 0.1) is 12.0 Å². The maximum absolute atomic E-state index is 13.3. The first kappa shape index (κ1) is 29.3. The number of allylic oxidation sites excluding steroid dienone is 1. The molecule has 0 heterocycles. The number of aryl methyl sites for hydroxylation is 4. The minimum Gasteiger partial charge on any atom is -0.456 e. The van der Waals surface area contributed by atoms with Gasteiger partial charge in [0.2, 0.25) is 0 Å². The Hall–Kier alpha value is -3.21. The fourth-order valence-electron chi connectivity index (χ4n) is 5.03. The summed E-state index contributed by atoms with van der Waals surface area (Å²) in [5.74, 6) is -1.08. The van der Waals surface area contributed by atoms with Gasteiger partial charge in [-0.1, -0.05) is 84.4 Å². The predicted octanol–water partition coefficient (Wildman–Crippen LogP) is 7.17. The quantitative estimate of drug-likeness (QED) is 0.218. The van der Waals surface area contributed by atoms with Crippen LogP contribution >= 0.6 is 0 Å². The van der Waals surface area contributed by atoms with Crippen molar-refractivity contribution in [3.05, 3.63) is 118 Å². The molecular formula is C34H43NO3. The second-order valence-electron chi connectivity index (χ2n) is 10.5. The Morgan fingerprint density at radius 2 is 1.50 bits per heavy atom. The third-order valence-corrected chi connectivity index (χ3v) is 7.50. The molecule has 38 heavy (non-hydrogen) atoms. The normalized spacial score (nSPS) is 14.9. The number of hydrogen-bond donors (Lipinski definition) is 1. The van der Waals surface area contributed by atoms with E-state index < -0.39 is 24.1 Å². The number of nitrogens with zero attached hydrogens (tertiary/aromatic N) is 1. The highest BCUT2D eigenvalue weighted by Crippen LogP contribution is 2.31. The van der Waals surface area contributed by atoms with Crippen LogP contribution in [0.25, 0.3) is 0 Å². The first-order valence-electron chi connectivity index (χ1n) is 13.5. The summed E-state index contributed by atoms with van der Waals surface area (Å²) in [5.41, 5.74) is 8.50. The summed E-state index contributed by atoms with van der Waals surface area (Å²) in [6.45, 7) is 15.7. The fraction of sp³-hybridized carbons (Fsp3) is 0.382. The molecule has 1 N–H and O–H groups in total. The number of carbonyl (C=O) groups excluding carboxylic acids is 1. The third kappa shape index (κ3) is 7.43. The Balaban J connectivity index is 2.02. The van der Waals surface area contributed by atoms with E-state index in [9.17, 15) is 9.90 Å². The van der Waals surface area contributed by atoms with E-state index in [2.05, 4.69) is 75.9 Å². The maximum Gasteiger partial charge on any atom is 0.312 e. The van der Waals surface area contributed by atoms with Crippen molar-refractivity contribution in [1.29, 1.82) is 0 Å². The Kier molecular flexibility index (Phi) is 10.5. The molecular weight excluding hydrogens is 470 g/mol. The number of aliphatic hydroxyl groups excluding tert-OH is 1. The van der Waals surface area contributed by atoms with E-state index in [1.54, 1.807) is 19.1 Å². The van der Waals surface area contributed by atoms with Crippen LogP contribution in [0.2, 0.25) is 0 Å². The molecule has 0 aliphatic carbocycles. The number of rotatable bonds is 11. The predicted molar refractivity (Wildman–Crippen MR) is 156 cm³/mol. The van der Waals surface area contributed by atoms with Crippen molar-refractivity contribution in [2.75, 3.05) is 0 Å². The van der Waals surface area contributed by atoms with E-state index in [1.165, 1.54) is 33.4 Å². The monoisotopic (exact) mass is 513 g/mol. The molecule has 0 saturated carbocycles. The number of esters is 1. The van der Waals surface area contributed by atoms with Gasteiger partial charge in [-0.15, -0.1) is 0 Å². The Bertz CT molecular complexity index is 1210. The van der Waals surface area contributed by atoms with E-state index in [0.29, 0.717) is 0 Å². The van der Waals surface area contributed by atoms with E-state index in [-0.39, 0.29) is 6.04 Å². The number of benzene rings is 3. The van der Waals surface area contributed by atoms with Crippen LogP contribution in [-0.4, -0.2) is 28.1 Å². The molecule has 3 aromatic rings. The molecule has 0 spiro atoms. The topological polar surface area (TPSA) is 49.8 Å². The summed E-state index contributed by atoms with van der Waals surface area (Å²) < 4.78 is 6.22. The van der Waals surface area contributed by atoms with Crippen LogP contribution in [0.3, 0.4) is 0 Å². The van der Waals surface area contributed by atoms with Gasteiger partial charge in [-0.25, -0.2) is 0 Å². The third-order valence-electron chi connectivity index (χ3n) is 7.50. The van der Waals surface area contributed by atoms with Crippen LogP contribution in [0.4, 0.5) is 0 Å². The van der Waals surface area contributed by atoms with E-state index >= 15 is 0 Å². The van der Waals surface area contributed by atoms with Gasteiger partial charge in [0.15, 0.2) is 0 Å². The molecule has 3 rings (SSSR count). The second kappa shape index (κ2) is 13.5. The lowest BCUT2D eigenvalue weighted by atomic mass is 9.96. The van der Waals surface area contributed by atoms with Crippen LogP contribution in [0.1, 0.15) is 65.8 Å². The summed E-state index contributed by atoms with van der Waals surface area (Å²) in [4.78, 5) is 15.7. The van der Waals surface area contributed by atoms with E-state index in [0.717, 1.165) is 18.7 Å². The van der Waals surface area contributed by atoms with Gasteiger partial charge >= 0.3 is 5.97 Å². The van der Waals surface area contributed by atoms with Crippen molar-refractivity contribution in [3.63, 3.8) is 0 Å². The fourth-order valence-corrected chi connectivity index (χ4v) is 5.03.